The number of carbonyl (C=O) groups excluding carboxylic acids is 1. The van der Waals surface area contributed by atoms with Crippen molar-refractivity contribution in [1.29, 1.82) is 0 Å². The number of hydrogen-bond donors (Lipinski definition) is 0. The predicted molar refractivity (Wildman–Crippen MR) is 120 cm³/mol. The first-order chi connectivity index (χ1) is 14.9. The molecule has 0 radical (unpaired) electrons. The molecule has 1 aromatic heterocycles. The molecule has 8 heteroatoms. The summed E-state index contributed by atoms with van der Waals surface area (Å²) in [5.41, 5.74) is 0.954. The number of benzene rings is 1. The molecule has 0 N–H and O–H groups in total. The lowest BCUT2D eigenvalue weighted by atomic mass is 10.1. The number of carbonyl (C=O) groups is 1. The van der Waals surface area contributed by atoms with E-state index in [4.69, 9.17) is 0 Å². The number of alkyl halides is 3. The zero-order chi connectivity index (χ0) is 22.9. The smallest absolute Gasteiger partial charge is 0.343 e. The average molecular weight is 456 g/mol. The van der Waals surface area contributed by atoms with Gasteiger partial charge in [-0.3, -0.25) is 9.69 Å². The van der Waals surface area contributed by atoms with Gasteiger partial charge in [-0.1, -0.05) is 38.8 Å². The van der Waals surface area contributed by atoms with E-state index in [1.165, 1.54) is 49.2 Å². The molecule has 0 bridgehead atoms. The van der Waals surface area contributed by atoms with Gasteiger partial charge in [-0.2, -0.15) is 13.2 Å². The van der Waals surface area contributed by atoms with Gasteiger partial charge in [0.2, 0.25) is 6.41 Å². The van der Waals surface area contributed by atoms with Gasteiger partial charge >= 0.3 is 6.18 Å². The van der Waals surface area contributed by atoms with Crippen molar-refractivity contribution in [2.45, 2.75) is 58.7 Å². The summed E-state index contributed by atoms with van der Waals surface area (Å²) in [6.07, 6.45) is 2.25. The van der Waals surface area contributed by atoms with Crippen LogP contribution in [0, 0.1) is 6.92 Å². The zero-order valence-electron chi connectivity index (χ0n) is 18.5. The lowest BCUT2D eigenvalue weighted by Crippen LogP contribution is -2.49. The van der Waals surface area contributed by atoms with E-state index in [0.717, 1.165) is 61.5 Å². The van der Waals surface area contributed by atoms with Gasteiger partial charge in [0.25, 0.3) is 0 Å². The van der Waals surface area contributed by atoms with Gasteiger partial charge in [-0.25, -0.2) is 4.98 Å². The number of halogens is 3. The van der Waals surface area contributed by atoms with Crippen LogP contribution in [0.25, 0.3) is 10.6 Å². The lowest BCUT2D eigenvalue weighted by molar-refractivity contribution is -0.137. The number of rotatable bonds is 3. The maximum atomic E-state index is 12.3. The van der Waals surface area contributed by atoms with E-state index < -0.39 is 11.7 Å². The Morgan fingerprint density at radius 2 is 1.61 bits per heavy atom. The number of nitrogens with zero attached hydrogens (tertiary/aromatic N) is 3. The minimum Gasteiger partial charge on any atom is -0.343 e. The third-order valence-electron chi connectivity index (χ3n) is 5.42. The van der Waals surface area contributed by atoms with Gasteiger partial charge in [0.15, 0.2) is 0 Å². The molecule has 31 heavy (non-hydrogen) atoms. The summed E-state index contributed by atoms with van der Waals surface area (Å²) in [5, 5.41) is 2.61. The Bertz CT molecular complexity index is 778. The van der Waals surface area contributed by atoms with E-state index in [9.17, 15) is 18.0 Å². The number of aromatic nitrogens is 1. The molecule has 4 nitrogen and oxygen atoms in total. The molecule has 2 fully saturated rings. The fraction of sp³-hybridized carbons (Fsp3) is 0.565. The van der Waals surface area contributed by atoms with E-state index in [1.807, 2.05) is 31.1 Å². The van der Waals surface area contributed by atoms with Crippen LogP contribution in [0.4, 0.5) is 13.2 Å². The molecule has 1 aliphatic heterocycles. The Morgan fingerprint density at radius 1 is 1.03 bits per heavy atom. The Balaban J connectivity index is 0.000000208. The fourth-order valence-corrected chi connectivity index (χ4v) is 4.57. The molecular formula is C23H32F3N3OS. The SMILES string of the molecule is CC.Cc1csc(-c2ccc(C(F)(F)F)cc2)n1.O=CN1CCN(C2CCCC2)CC1. The quantitative estimate of drug-likeness (QED) is 0.544. The molecule has 0 atom stereocenters. The van der Waals surface area contributed by atoms with E-state index in [-0.39, 0.29) is 0 Å². The monoisotopic (exact) mass is 455 g/mol. The number of thiazole rings is 1. The van der Waals surface area contributed by atoms with Gasteiger partial charge in [0.1, 0.15) is 5.01 Å². The van der Waals surface area contributed by atoms with Crippen LogP contribution in [0.2, 0.25) is 0 Å². The third-order valence-corrected chi connectivity index (χ3v) is 6.43. The van der Waals surface area contributed by atoms with E-state index in [1.54, 1.807) is 0 Å². The van der Waals surface area contributed by atoms with Crippen molar-refractivity contribution < 1.29 is 18.0 Å². The molecule has 1 aliphatic carbocycles. The number of amides is 1. The molecule has 0 unspecified atom stereocenters. The minimum atomic E-state index is -4.28. The van der Waals surface area contributed by atoms with Gasteiger partial charge in [-0.15, -0.1) is 11.3 Å². The van der Waals surface area contributed by atoms with Crippen LogP contribution in [-0.4, -0.2) is 53.4 Å². The molecule has 4 rings (SSSR count). The summed E-state index contributed by atoms with van der Waals surface area (Å²) in [7, 11) is 0. The molecule has 1 amide bonds. The summed E-state index contributed by atoms with van der Waals surface area (Å²) in [6, 6.07) is 5.87. The first kappa shape index (κ1) is 25.3. The molecule has 0 spiro atoms. The summed E-state index contributed by atoms with van der Waals surface area (Å²) >= 11 is 1.42. The van der Waals surface area contributed by atoms with E-state index >= 15 is 0 Å². The summed E-state index contributed by atoms with van der Waals surface area (Å²) in [5.74, 6) is 0. The molecular weight excluding hydrogens is 423 g/mol. The van der Waals surface area contributed by atoms with Crippen LogP contribution >= 0.6 is 11.3 Å². The second-order valence-corrected chi connectivity index (χ2v) is 8.34. The Labute approximate surface area is 187 Å². The van der Waals surface area contributed by atoms with Crippen molar-refractivity contribution in [1.82, 2.24) is 14.8 Å². The fourth-order valence-electron chi connectivity index (χ4n) is 3.77. The summed E-state index contributed by atoms with van der Waals surface area (Å²) < 4.78 is 36.9. The topological polar surface area (TPSA) is 36.4 Å². The number of aryl methyl sites for hydroxylation is 1. The van der Waals surface area contributed by atoms with Gasteiger partial charge in [0, 0.05) is 48.9 Å². The van der Waals surface area contributed by atoms with E-state index in [2.05, 4.69) is 9.88 Å². The van der Waals surface area contributed by atoms with Gasteiger partial charge in [-0.05, 0) is 31.9 Å². The van der Waals surface area contributed by atoms with Crippen LogP contribution in [0.3, 0.4) is 0 Å². The molecule has 2 aromatic rings. The van der Waals surface area contributed by atoms with Crippen molar-refractivity contribution in [2.24, 2.45) is 0 Å². The normalized spacial score (nSPS) is 17.4. The highest BCUT2D eigenvalue weighted by Crippen LogP contribution is 2.31. The van der Waals surface area contributed by atoms with Crippen LogP contribution < -0.4 is 0 Å². The molecule has 1 saturated carbocycles. The van der Waals surface area contributed by atoms with Crippen LogP contribution in [-0.2, 0) is 11.0 Å². The maximum Gasteiger partial charge on any atom is 0.416 e. The largest absolute Gasteiger partial charge is 0.416 e. The maximum absolute atomic E-state index is 12.3. The van der Waals surface area contributed by atoms with E-state index in [0.29, 0.717) is 5.56 Å². The summed E-state index contributed by atoms with van der Waals surface area (Å²) in [4.78, 5) is 19.1. The van der Waals surface area contributed by atoms with Crippen molar-refractivity contribution >= 4 is 17.7 Å². The first-order valence-electron chi connectivity index (χ1n) is 10.9. The Hall–Kier alpha value is -1.93. The molecule has 2 aliphatic rings. The highest BCUT2D eigenvalue weighted by Gasteiger charge is 2.30. The third kappa shape index (κ3) is 7.61. The van der Waals surface area contributed by atoms with Crippen molar-refractivity contribution in [3.05, 3.63) is 40.9 Å². The number of piperazine rings is 1. The van der Waals surface area contributed by atoms with Crippen LogP contribution in [0.5, 0.6) is 0 Å². The second kappa shape index (κ2) is 12.2. The van der Waals surface area contributed by atoms with Gasteiger partial charge < -0.3 is 4.90 Å². The van der Waals surface area contributed by atoms with Gasteiger partial charge in [0.05, 0.1) is 5.56 Å². The molecule has 1 saturated heterocycles. The lowest BCUT2D eigenvalue weighted by Gasteiger charge is -2.36. The number of hydrogen-bond acceptors (Lipinski definition) is 4. The minimum absolute atomic E-state index is 0.635. The second-order valence-electron chi connectivity index (χ2n) is 7.48. The van der Waals surface area contributed by atoms with Crippen molar-refractivity contribution in [3.63, 3.8) is 0 Å². The average Bonchev–Trinajstić information content (AvgIpc) is 3.47. The Kier molecular flexibility index (Phi) is 9.96. The van der Waals surface area contributed by atoms with Crippen LogP contribution in [0.1, 0.15) is 50.8 Å². The standard InChI is InChI=1S/C11H8F3NS.C10H18N2O.C2H6/c1-7-6-16-10(15-7)8-2-4-9(5-3-8)11(12,13)14;13-9-11-5-7-12(8-6-11)10-3-1-2-4-10;1-2/h2-6H,1H3;9-10H,1-8H2;1-2H3. The zero-order valence-corrected chi connectivity index (χ0v) is 19.3. The highest BCUT2D eigenvalue weighted by molar-refractivity contribution is 7.13. The molecule has 2 heterocycles. The Morgan fingerprint density at radius 3 is 2.06 bits per heavy atom. The van der Waals surface area contributed by atoms with Crippen molar-refractivity contribution in [2.75, 3.05) is 26.2 Å². The first-order valence-corrected chi connectivity index (χ1v) is 11.8. The predicted octanol–water partition coefficient (Wildman–Crippen LogP) is 5.87. The molecule has 172 valence electrons. The van der Waals surface area contributed by atoms with Crippen LogP contribution in [0.15, 0.2) is 29.6 Å². The molecule has 1 aromatic carbocycles. The van der Waals surface area contributed by atoms with Crippen molar-refractivity contribution in [3.8, 4) is 10.6 Å². The highest BCUT2D eigenvalue weighted by atomic mass is 32.1. The summed E-state index contributed by atoms with van der Waals surface area (Å²) in [6.45, 7) is 9.89.